The smallest absolute Gasteiger partial charge is 0.392 e. The number of hydrogen-bond donors (Lipinski definition) is 2. The van der Waals surface area contributed by atoms with Gasteiger partial charge in [0.2, 0.25) is 5.95 Å². The number of nitrogens with zero attached hydrogens (tertiary/aromatic N) is 4. The second kappa shape index (κ2) is 7.38. The summed E-state index contributed by atoms with van der Waals surface area (Å²) in [6, 6.07) is 5.22. The van der Waals surface area contributed by atoms with Gasteiger partial charge in [-0.3, -0.25) is 0 Å². The number of aromatic nitrogens is 3. The second-order valence-corrected chi connectivity index (χ2v) is 7.49. The molecule has 6 nitrogen and oxygen atoms in total. The van der Waals surface area contributed by atoms with E-state index in [0.717, 1.165) is 12.1 Å². The maximum absolute atomic E-state index is 12.9. The summed E-state index contributed by atoms with van der Waals surface area (Å²) in [5, 5.41) is 9.67. The van der Waals surface area contributed by atoms with Crippen molar-refractivity contribution in [3.8, 4) is 0 Å². The molecule has 0 radical (unpaired) electrons. The molecule has 0 amide bonds. The summed E-state index contributed by atoms with van der Waals surface area (Å²) in [5.41, 5.74) is 0.789. The normalized spacial score (nSPS) is 17.9. The number of nitrogens with one attached hydrogen (secondary N) is 1. The minimum absolute atomic E-state index is 0.0294. The molecule has 2 aromatic heterocycles. The molecule has 2 N–H and O–H groups in total. The average Bonchev–Trinajstić information content (AvgIpc) is 3.10. The van der Waals surface area contributed by atoms with E-state index in [1.165, 1.54) is 6.07 Å². The minimum Gasteiger partial charge on any atom is -0.392 e. The standard InChI is InChI=1S/C19H19ClF3N5O/c1-11-9-27(17-14(20)6-12(10-29)8-24-17)4-5-28(11)18-25-15-3-2-13(19(21,22)23)7-16(15)26-18/h2-3,6-8,11,29H,4-5,9-10H2,1H3,(H,25,26)/t11-/m1/s1. The lowest BCUT2D eigenvalue weighted by Crippen LogP contribution is -2.52. The molecule has 0 spiro atoms. The van der Waals surface area contributed by atoms with Crippen molar-refractivity contribution in [2.45, 2.75) is 25.7 Å². The van der Waals surface area contributed by atoms with Crippen molar-refractivity contribution >= 4 is 34.4 Å². The van der Waals surface area contributed by atoms with E-state index in [9.17, 15) is 18.3 Å². The Morgan fingerprint density at radius 3 is 2.72 bits per heavy atom. The number of hydrogen-bond acceptors (Lipinski definition) is 5. The Morgan fingerprint density at radius 2 is 2.07 bits per heavy atom. The van der Waals surface area contributed by atoms with Crippen LogP contribution in [0.4, 0.5) is 24.9 Å². The number of fused-ring (bicyclic) bond motifs is 1. The minimum atomic E-state index is -4.39. The van der Waals surface area contributed by atoms with Gasteiger partial charge < -0.3 is 19.9 Å². The Labute approximate surface area is 169 Å². The van der Waals surface area contributed by atoms with Gasteiger partial charge in [0.15, 0.2) is 0 Å². The number of aliphatic hydroxyl groups excluding tert-OH is 1. The zero-order valence-corrected chi connectivity index (χ0v) is 16.3. The van der Waals surface area contributed by atoms with Crippen LogP contribution in [-0.2, 0) is 12.8 Å². The summed E-state index contributed by atoms with van der Waals surface area (Å²) in [7, 11) is 0. The highest BCUT2D eigenvalue weighted by molar-refractivity contribution is 6.33. The molecular formula is C19H19ClF3N5O. The molecule has 3 aromatic rings. The zero-order chi connectivity index (χ0) is 20.8. The number of alkyl halides is 3. The Kier molecular flexibility index (Phi) is 5.04. The van der Waals surface area contributed by atoms with E-state index < -0.39 is 11.7 Å². The van der Waals surface area contributed by atoms with Crippen LogP contribution in [-0.4, -0.2) is 45.7 Å². The number of halogens is 4. The van der Waals surface area contributed by atoms with Gasteiger partial charge >= 0.3 is 6.18 Å². The number of H-pyrrole nitrogens is 1. The molecule has 0 saturated carbocycles. The Bertz CT molecular complexity index is 1040. The van der Waals surface area contributed by atoms with Crippen LogP contribution < -0.4 is 9.80 Å². The number of aromatic amines is 1. The fourth-order valence-electron chi connectivity index (χ4n) is 3.56. The van der Waals surface area contributed by atoms with E-state index in [0.29, 0.717) is 53.0 Å². The lowest BCUT2D eigenvalue weighted by Gasteiger charge is -2.40. The van der Waals surface area contributed by atoms with Crippen molar-refractivity contribution in [1.82, 2.24) is 15.0 Å². The van der Waals surface area contributed by atoms with E-state index in [4.69, 9.17) is 11.6 Å². The van der Waals surface area contributed by atoms with Gasteiger partial charge in [0.1, 0.15) is 5.82 Å². The molecule has 3 heterocycles. The summed E-state index contributed by atoms with van der Waals surface area (Å²) in [6.07, 6.45) is -2.80. The van der Waals surface area contributed by atoms with Gasteiger partial charge in [-0.2, -0.15) is 13.2 Å². The van der Waals surface area contributed by atoms with Crippen LogP contribution in [0.1, 0.15) is 18.1 Å². The van der Waals surface area contributed by atoms with E-state index >= 15 is 0 Å². The number of anilines is 2. The molecule has 1 fully saturated rings. The van der Waals surface area contributed by atoms with Crippen LogP contribution in [0.15, 0.2) is 30.5 Å². The maximum Gasteiger partial charge on any atom is 0.416 e. The molecule has 4 rings (SSSR count). The van der Waals surface area contributed by atoms with Gasteiger partial charge in [-0.25, -0.2) is 9.97 Å². The molecule has 1 aromatic carbocycles. The average molecular weight is 426 g/mol. The molecule has 0 unspecified atom stereocenters. The van der Waals surface area contributed by atoms with Crippen molar-refractivity contribution in [3.05, 3.63) is 46.6 Å². The number of rotatable bonds is 3. The zero-order valence-electron chi connectivity index (χ0n) is 15.5. The molecule has 154 valence electrons. The summed E-state index contributed by atoms with van der Waals surface area (Å²) < 4.78 is 38.8. The topological polar surface area (TPSA) is 68.3 Å². The lowest BCUT2D eigenvalue weighted by atomic mass is 10.2. The largest absolute Gasteiger partial charge is 0.416 e. The first-order chi connectivity index (χ1) is 13.8. The highest BCUT2D eigenvalue weighted by atomic mass is 35.5. The summed E-state index contributed by atoms with van der Waals surface area (Å²) in [6.45, 7) is 3.74. The third-order valence-corrected chi connectivity index (χ3v) is 5.33. The highest BCUT2D eigenvalue weighted by Gasteiger charge is 2.31. The molecule has 1 aliphatic heterocycles. The number of aliphatic hydroxyl groups is 1. The van der Waals surface area contributed by atoms with Crippen LogP contribution in [0.25, 0.3) is 11.0 Å². The molecule has 1 aliphatic rings. The second-order valence-electron chi connectivity index (χ2n) is 7.09. The van der Waals surface area contributed by atoms with Crippen molar-refractivity contribution in [2.24, 2.45) is 0 Å². The first kappa shape index (κ1) is 19.8. The van der Waals surface area contributed by atoms with Crippen LogP contribution in [0.2, 0.25) is 5.02 Å². The van der Waals surface area contributed by atoms with Gasteiger partial charge in [0.25, 0.3) is 0 Å². The number of imidazole rings is 1. The third-order valence-electron chi connectivity index (χ3n) is 5.06. The number of pyridine rings is 1. The van der Waals surface area contributed by atoms with Crippen molar-refractivity contribution in [3.63, 3.8) is 0 Å². The summed E-state index contributed by atoms with van der Waals surface area (Å²) in [4.78, 5) is 15.9. The van der Waals surface area contributed by atoms with Gasteiger partial charge in [0.05, 0.1) is 28.2 Å². The monoisotopic (exact) mass is 425 g/mol. The maximum atomic E-state index is 12.9. The van der Waals surface area contributed by atoms with Crippen molar-refractivity contribution < 1.29 is 18.3 Å². The SMILES string of the molecule is C[C@@H]1CN(c2ncc(CO)cc2Cl)CCN1c1nc2ccc(C(F)(F)F)cc2[nH]1. The fraction of sp³-hybridized carbons (Fsp3) is 0.368. The van der Waals surface area contributed by atoms with Crippen LogP contribution in [0.5, 0.6) is 0 Å². The van der Waals surface area contributed by atoms with Crippen molar-refractivity contribution in [2.75, 3.05) is 29.4 Å². The van der Waals surface area contributed by atoms with Crippen LogP contribution >= 0.6 is 11.6 Å². The Morgan fingerprint density at radius 1 is 1.28 bits per heavy atom. The van der Waals surface area contributed by atoms with Gasteiger partial charge in [0, 0.05) is 31.9 Å². The van der Waals surface area contributed by atoms with Crippen LogP contribution in [0.3, 0.4) is 0 Å². The van der Waals surface area contributed by atoms with Gasteiger partial charge in [-0.15, -0.1) is 0 Å². The highest BCUT2D eigenvalue weighted by Crippen LogP contribution is 2.32. The number of piperazine rings is 1. The molecule has 1 saturated heterocycles. The third kappa shape index (κ3) is 3.84. The van der Waals surface area contributed by atoms with Crippen LogP contribution in [0, 0.1) is 0 Å². The molecule has 29 heavy (non-hydrogen) atoms. The van der Waals surface area contributed by atoms with Crippen molar-refractivity contribution in [1.29, 1.82) is 0 Å². The lowest BCUT2D eigenvalue weighted by molar-refractivity contribution is -0.137. The Balaban J connectivity index is 1.54. The molecule has 0 bridgehead atoms. The molecule has 1 atom stereocenters. The van der Waals surface area contributed by atoms with E-state index in [-0.39, 0.29) is 12.6 Å². The summed E-state index contributed by atoms with van der Waals surface area (Å²) >= 11 is 6.31. The molecular weight excluding hydrogens is 407 g/mol. The Hall–Kier alpha value is -2.52. The first-order valence-electron chi connectivity index (χ1n) is 9.10. The quantitative estimate of drug-likeness (QED) is 0.667. The van der Waals surface area contributed by atoms with E-state index in [1.54, 1.807) is 12.3 Å². The predicted octanol–water partition coefficient (Wildman–Crippen LogP) is 3.84. The molecule has 10 heteroatoms. The molecule has 0 aliphatic carbocycles. The van der Waals surface area contributed by atoms with Gasteiger partial charge in [-0.1, -0.05) is 11.6 Å². The van der Waals surface area contributed by atoms with E-state index in [1.807, 2.05) is 11.8 Å². The number of benzene rings is 1. The first-order valence-corrected chi connectivity index (χ1v) is 9.48. The predicted molar refractivity (Wildman–Crippen MR) is 105 cm³/mol. The van der Waals surface area contributed by atoms with Gasteiger partial charge in [-0.05, 0) is 36.8 Å². The fourth-order valence-corrected chi connectivity index (χ4v) is 3.87. The summed E-state index contributed by atoms with van der Waals surface area (Å²) in [5.74, 6) is 1.19. The van der Waals surface area contributed by atoms with E-state index in [2.05, 4.69) is 19.9 Å².